The summed E-state index contributed by atoms with van der Waals surface area (Å²) in [5, 5.41) is 8.67. The Kier molecular flexibility index (Phi) is 2.95. The molecule has 0 atom stereocenters. The zero-order valence-electron chi connectivity index (χ0n) is 7.94. The summed E-state index contributed by atoms with van der Waals surface area (Å²) in [5.41, 5.74) is 1.98. The summed E-state index contributed by atoms with van der Waals surface area (Å²) in [6.07, 6.45) is 0. The predicted octanol–water partition coefficient (Wildman–Crippen LogP) is 2.11. The summed E-state index contributed by atoms with van der Waals surface area (Å²) in [5.74, 6) is 2.42. The second-order valence-corrected chi connectivity index (χ2v) is 4.48. The second-order valence-electron chi connectivity index (χ2n) is 3.26. The molecule has 1 aliphatic heterocycles. The Labute approximate surface area is 88.5 Å². The molecule has 1 heterocycles. The molecule has 0 N–H and O–H groups in total. The third-order valence-corrected chi connectivity index (χ3v) is 3.32. The highest BCUT2D eigenvalue weighted by Gasteiger charge is 2.10. The lowest BCUT2D eigenvalue weighted by Gasteiger charge is -2.28. The van der Waals surface area contributed by atoms with Crippen LogP contribution in [0.4, 0.5) is 5.69 Å². The van der Waals surface area contributed by atoms with Crippen LogP contribution in [0.3, 0.4) is 0 Å². The van der Waals surface area contributed by atoms with Crippen molar-refractivity contribution >= 4 is 17.4 Å². The largest absolute Gasteiger partial charge is 0.370 e. The van der Waals surface area contributed by atoms with Gasteiger partial charge in [0.05, 0.1) is 11.6 Å². The predicted molar refractivity (Wildman–Crippen MR) is 60.7 cm³/mol. The van der Waals surface area contributed by atoms with E-state index < -0.39 is 0 Å². The normalized spacial score (nSPS) is 16.4. The Morgan fingerprint density at radius 2 is 1.79 bits per heavy atom. The zero-order valence-corrected chi connectivity index (χ0v) is 8.76. The van der Waals surface area contributed by atoms with Gasteiger partial charge in [-0.25, -0.2) is 0 Å². The fourth-order valence-electron chi connectivity index (χ4n) is 1.57. The number of nitriles is 1. The van der Waals surface area contributed by atoms with Crippen LogP contribution >= 0.6 is 11.8 Å². The van der Waals surface area contributed by atoms with Gasteiger partial charge in [-0.05, 0) is 24.3 Å². The van der Waals surface area contributed by atoms with Gasteiger partial charge in [0.2, 0.25) is 0 Å². The van der Waals surface area contributed by atoms with Gasteiger partial charge in [0, 0.05) is 30.3 Å². The monoisotopic (exact) mass is 204 g/mol. The van der Waals surface area contributed by atoms with Gasteiger partial charge in [0.1, 0.15) is 0 Å². The van der Waals surface area contributed by atoms with Crippen molar-refractivity contribution in [2.45, 2.75) is 0 Å². The molecule has 72 valence electrons. The van der Waals surface area contributed by atoms with Crippen LogP contribution in [0.2, 0.25) is 0 Å². The van der Waals surface area contributed by atoms with Crippen LogP contribution in [0, 0.1) is 11.3 Å². The van der Waals surface area contributed by atoms with E-state index >= 15 is 0 Å². The quantitative estimate of drug-likeness (QED) is 0.701. The van der Waals surface area contributed by atoms with Crippen molar-refractivity contribution < 1.29 is 0 Å². The molecule has 3 heteroatoms. The summed E-state index contributed by atoms with van der Waals surface area (Å²) >= 11 is 2.01. The summed E-state index contributed by atoms with van der Waals surface area (Å²) < 4.78 is 0. The molecule has 1 fully saturated rings. The first-order valence-electron chi connectivity index (χ1n) is 4.73. The Bertz CT molecular complexity index is 333. The van der Waals surface area contributed by atoms with Gasteiger partial charge >= 0.3 is 0 Å². The molecule has 1 aromatic rings. The summed E-state index contributed by atoms with van der Waals surface area (Å²) in [7, 11) is 0. The van der Waals surface area contributed by atoms with Gasteiger partial charge < -0.3 is 4.90 Å². The van der Waals surface area contributed by atoms with Gasteiger partial charge in [0.25, 0.3) is 0 Å². The summed E-state index contributed by atoms with van der Waals surface area (Å²) in [4.78, 5) is 2.37. The maximum absolute atomic E-state index is 8.67. The number of benzene rings is 1. The van der Waals surface area contributed by atoms with Gasteiger partial charge in [-0.3, -0.25) is 0 Å². The molecule has 0 saturated carbocycles. The lowest BCUT2D eigenvalue weighted by Crippen LogP contribution is -2.32. The molecule has 0 aliphatic carbocycles. The third-order valence-electron chi connectivity index (χ3n) is 2.37. The van der Waals surface area contributed by atoms with E-state index in [0.29, 0.717) is 0 Å². The molecule has 1 aromatic carbocycles. The molecule has 0 spiro atoms. The number of nitrogens with zero attached hydrogens (tertiary/aromatic N) is 2. The molecule has 0 radical (unpaired) electrons. The number of anilines is 1. The Balaban J connectivity index is 2.12. The van der Waals surface area contributed by atoms with Crippen LogP contribution < -0.4 is 4.90 Å². The van der Waals surface area contributed by atoms with Gasteiger partial charge in [0.15, 0.2) is 0 Å². The highest BCUT2D eigenvalue weighted by Crippen LogP contribution is 2.19. The number of hydrogen-bond donors (Lipinski definition) is 0. The van der Waals surface area contributed by atoms with E-state index in [1.165, 1.54) is 17.2 Å². The van der Waals surface area contributed by atoms with Crippen molar-refractivity contribution in [3.8, 4) is 6.07 Å². The molecule has 0 unspecified atom stereocenters. The van der Waals surface area contributed by atoms with Crippen LogP contribution in [0.25, 0.3) is 0 Å². The van der Waals surface area contributed by atoms with Crippen molar-refractivity contribution in [2.24, 2.45) is 0 Å². The van der Waals surface area contributed by atoms with Crippen molar-refractivity contribution in [1.82, 2.24) is 0 Å². The average Bonchev–Trinajstić information content (AvgIpc) is 2.30. The SMILES string of the molecule is N#Cc1ccc(N2CCSCC2)cc1. The van der Waals surface area contributed by atoms with E-state index in [9.17, 15) is 0 Å². The number of hydrogen-bond acceptors (Lipinski definition) is 3. The fraction of sp³-hybridized carbons (Fsp3) is 0.364. The van der Waals surface area contributed by atoms with E-state index in [4.69, 9.17) is 5.26 Å². The van der Waals surface area contributed by atoms with Crippen LogP contribution in [0.5, 0.6) is 0 Å². The second kappa shape index (κ2) is 4.39. The Morgan fingerprint density at radius 3 is 2.36 bits per heavy atom. The van der Waals surface area contributed by atoms with Gasteiger partial charge in [-0.1, -0.05) is 0 Å². The lowest BCUT2D eigenvalue weighted by atomic mass is 10.2. The zero-order chi connectivity index (χ0) is 9.80. The summed E-state index contributed by atoms with van der Waals surface area (Å²) in [6.45, 7) is 2.24. The first-order valence-corrected chi connectivity index (χ1v) is 5.88. The molecule has 0 aromatic heterocycles. The highest BCUT2D eigenvalue weighted by atomic mass is 32.2. The minimum atomic E-state index is 0.736. The van der Waals surface area contributed by atoms with Crippen molar-refractivity contribution in [2.75, 3.05) is 29.5 Å². The highest BCUT2D eigenvalue weighted by molar-refractivity contribution is 7.99. The standard InChI is InChI=1S/C11H12N2S/c12-9-10-1-3-11(4-2-10)13-5-7-14-8-6-13/h1-4H,5-8H2. The fourth-order valence-corrected chi connectivity index (χ4v) is 2.47. The molecule has 0 amide bonds. The molecule has 14 heavy (non-hydrogen) atoms. The maximum atomic E-state index is 8.67. The van der Waals surface area contributed by atoms with Crippen molar-refractivity contribution in [3.05, 3.63) is 29.8 Å². The topological polar surface area (TPSA) is 27.0 Å². The first kappa shape index (κ1) is 9.42. The van der Waals surface area contributed by atoms with E-state index in [1.807, 2.05) is 36.0 Å². The smallest absolute Gasteiger partial charge is 0.0991 e. The maximum Gasteiger partial charge on any atom is 0.0991 e. The molecular formula is C11H12N2S. The molecule has 1 aliphatic rings. The molecule has 2 rings (SSSR count). The van der Waals surface area contributed by atoms with E-state index in [2.05, 4.69) is 11.0 Å². The van der Waals surface area contributed by atoms with Crippen molar-refractivity contribution in [1.29, 1.82) is 5.26 Å². The molecular weight excluding hydrogens is 192 g/mol. The van der Waals surface area contributed by atoms with E-state index in [0.717, 1.165) is 18.7 Å². The molecule has 0 bridgehead atoms. The van der Waals surface area contributed by atoms with E-state index in [1.54, 1.807) is 0 Å². The molecule has 1 saturated heterocycles. The Hall–Kier alpha value is -1.14. The lowest BCUT2D eigenvalue weighted by molar-refractivity contribution is 0.859. The number of rotatable bonds is 1. The Morgan fingerprint density at radius 1 is 1.14 bits per heavy atom. The number of thioether (sulfide) groups is 1. The average molecular weight is 204 g/mol. The van der Waals surface area contributed by atoms with E-state index in [-0.39, 0.29) is 0 Å². The van der Waals surface area contributed by atoms with Crippen LogP contribution in [0.15, 0.2) is 24.3 Å². The van der Waals surface area contributed by atoms with Crippen LogP contribution in [-0.4, -0.2) is 24.6 Å². The van der Waals surface area contributed by atoms with Crippen LogP contribution in [-0.2, 0) is 0 Å². The van der Waals surface area contributed by atoms with Crippen molar-refractivity contribution in [3.63, 3.8) is 0 Å². The molecule has 2 nitrogen and oxygen atoms in total. The minimum absolute atomic E-state index is 0.736. The van der Waals surface area contributed by atoms with Gasteiger partial charge in [-0.15, -0.1) is 0 Å². The minimum Gasteiger partial charge on any atom is -0.370 e. The first-order chi connectivity index (χ1) is 6.90. The van der Waals surface area contributed by atoms with Crippen LogP contribution in [0.1, 0.15) is 5.56 Å². The summed E-state index contributed by atoms with van der Waals surface area (Å²) in [6, 6.07) is 9.98. The third kappa shape index (κ3) is 2.02. The van der Waals surface area contributed by atoms with Gasteiger partial charge in [-0.2, -0.15) is 17.0 Å².